The van der Waals surface area contributed by atoms with Crippen molar-refractivity contribution in [1.82, 2.24) is 10.2 Å². The summed E-state index contributed by atoms with van der Waals surface area (Å²) >= 11 is 0. The molecule has 25 heavy (non-hydrogen) atoms. The maximum Gasteiger partial charge on any atom is 0.127 e. The van der Waals surface area contributed by atoms with Crippen LogP contribution in [0.3, 0.4) is 0 Å². The number of nitrogens with zero attached hydrogens (tertiary/aromatic N) is 1. The number of para-hydroxylation sites is 1. The van der Waals surface area contributed by atoms with E-state index in [1.165, 1.54) is 31.2 Å². The molecule has 1 heterocycles. The molecule has 0 unspecified atom stereocenters. The summed E-state index contributed by atoms with van der Waals surface area (Å²) in [7, 11) is 0. The highest BCUT2D eigenvalue weighted by molar-refractivity contribution is 5.35. The first-order valence-electron chi connectivity index (χ1n) is 9.64. The Balaban J connectivity index is 1.75. The first-order chi connectivity index (χ1) is 12.4. The van der Waals surface area contributed by atoms with Crippen LogP contribution in [-0.2, 0) is 0 Å². The molecule has 134 valence electrons. The van der Waals surface area contributed by atoms with Crippen LogP contribution in [0.4, 0.5) is 0 Å². The Kier molecular flexibility index (Phi) is 6.89. The van der Waals surface area contributed by atoms with E-state index in [4.69, 9.17) is 4.74 Å². The average molecular weight is 338 g/mol. The van der Waals surface area contributed by atoms with Gasteiger partial charge >= 0.3 is 0 Å². The van der Waals surface area contributed by atoms with E-state index in [2.05, 4.69) is 41.4 Å². The monoisotopic (exact) mass is 338 g/mol. The Morgan fingerprint density at radius 1 is 0.960 bits per heavy atom. The molecular formula is C22H30N2O. The summed E-state index contributed by atoms with van der Waals surface area (Å²) in [6, 6.07) is 19.2. The highest BCUT2D eigenvalue weighted by Crippen LogP contribution is 2.31. The lowest BCUT2D eigenvalue weighted by Gasteiger charge is -2.35. The number of ether oxygens (including phenoxy) is 1. The van der Waals surface area contributed by atoms with Gasteiger partial charge in [0.15, 0.2) is 0 Å². The molecule has 1 saturated heterocycles. The second-order valence-corrected chi connectivity index (χ2v) is 6.79. The number of hydrogen-bond donors (Lipinski definition) is 1. The van der Waals surface area contributed by atoms with Crippen molar-refractivity contribution in [2.24, 2.45) is 0 Å². The fraction of sp³-hybridized carbons (Fsp3) is 0.455. The Bertz CT molecular complexity index is 623. The summed E-state index contributed by atoms with van der Waals surface area (Å²) in [6.45, 7) is 6.70. The molecule has 1 fully saturated rings. The number of hydrogen-bond acceptors (Lipinski definition) is 3. The predicted molar refractivity (Wildman–Crippen MR) is 104 cm³/mol. The molecule has 0 spiro atoms. The minimum atomic E-state index is 0.493. The van der Waals surface area contributed by atoms with Crippen molar-refractivity contribution in [3.63, 3.8) is 0 Å². The lowest BCUT2D eigenvalue weighted by atomic mass is 9.98. The van der Waals surface area contributed by atoms with Crippen LogP contribution in [0, 0.1) is 0 Å². The summed E-state index contributed by atoms with van der Waals surface area (Å²) in [5, 5.41) is 3.47. The van der Waals surface area contributed by atoms with Gasteiger partial charge < -0.3 is 10.1 Å². The maximum absolute atomic E-state index is 6.05. The van der Waals surface area contributed by atoms with Crippen molar-refractivity contribution in [1.29, 1.82) is 0 Å². The third kappa shape index (κ3) is 5.32. The van der Waals surface area contributed by atoms with Crippen LogP contribution in [0.1, 0.15) is 44.2 Å². The normalized spacial score (nSPS) is 16.5. The second-order valence-electron chi connectivity index (χ2n) is 6.79. The SMILES string of the molecule is CCCCC[C@H](c1cccc(Oc2ccccc2)c1)N1CCNCC1. The van der Waals surface area contributed by atoms with Crippen molar-refractivity contribution in [2.75, 3.05) is 26.2 Å². The van der Waals surface area contributed by atoms with Gasteiger partial charge in [-0.25, -0.2) is 0 Å². The van der Waals surface area contributed by atoms with Crippen LogP contribution in [0.2, 0.25) is 0 Å². The highest BCUT2D eigenvalue weighted by atomic mass is 16.5. The average Bonchev–Trinajstić information content (AvgIpc) is 2.67. The molecule has 1 aliphatic rings. The Hall–Kier alpha value is -1.84. The van der Waals surface area contributed by atoms with Gasteiger partial charge in [-0.15, -0.1) is 0 Å². The highest BCUT2D eigenvalue weighted by Gasteiger charge is 2.22. The number of rotatable bonds is 8. The number of nitrogens with one attached hydrogen (secondary N) is 1. The van der Waals surface area contributed by atoms with Crippen LogP contribution < -0.4 is 10.1 Å². The molecule has 0 amide bonds. The first kappa shape index (κ1) is 18.0. The Morgan fingerprint density at radius 2 is 1.72 bits per heavy atom. The van der Waals surface area contributed by atoms with Gasteiger partial charge in [0.1, 0.15) is 11.5 Å². The third-order valence-corrected chi connectivity index (χ3v) is 4.90. The zero-order valence-electron chi connectivity index (χ0n) is 15.3. The van der Waals surface area contributed by atoms with E-state index in [1.54, 1.807) is 0 Å². The lowest BCUT2D eigenvalue weighted by Crippen LogP contribution is -2.45. The molecule has 3 nitrogen and oxygen atoms in total. The van der Waals surface area contributed by atoms with Crippen molar-refractivity contribution in [3.05, 3.63) is 60.2 Å². The van der Waals surface area contributed by atoms with Gasteiger partial charge in [-0.1, -0.05) is 56.5 Å². The quantitative estimate of drug-likeness (QED) is 0.685. The maximum atomic E-state index is 6.05. The standard InChI is InChI=1S/C22H30N2O/c1-2-3-5-13-22(24-16-14-23-15-17-24)19-9-8-12-21(18-19)25-20-10-6-4-7-11-20/h4,6-12,18,22-23H,2-3,5,13-17H2,1H3/t22-/m1/s1. The van der Waals surface area contributed by atoms with Gasteiger partial charge in [0.25, 0.3) is 0 Å². The van der Waals surface area contributed by atoms with Crippen molar-refractivity contribution in [2.45, 2.75) is 38.6 Å². The zero-order chi connectivity index (χ0) is 17.3. The van der Waals surface area contributed by atoms with E-state index in [1.807, 2.05) is 30.3 Å². The minimum Gasteiger partial charge on any atom is -0.457 e. The molecule has 2 aromatic rings. The third-order valence-electron chi connectivity index (χ3n) is 4.90. The van der Waals surface area contributed by atoms with Gasteiger partial charge in [-0.3, -0.25) is 4.90 Å². The van der Waals surface area contributed by atoms with Gasteiger partial charge in [0.2, 0.25) is 0 Å². The number of unbranched alkanes of at least 4 members (excludes halogenated alkanes) is 2. The number of piperazine rings is 1. The van der Waals surface area contributed by atoms with E-state index in [-0.39, 0.29) is 0 Å². The summed E-state index contributed by atoms with van der Waals surface area (Å²) in [5.41, 5.74) is 1.38. The predicted octanol–water partition coefficient (Wildman–Crippen LogP) is 5.01. The van der Waals surface area contributed by atoms with Gasteiger partial charge in [-0.05, 0) is 36.2 Å². The largest absolute Gasteiger partial charge is 0.457 e. The van der Waals surface area contributed by atoms with E-state index in [9.17, 15) is 0 Å². The van der Waals surface area contributed by atoms with E-state index in [0.29, 0.717) is 6.04 Å². The molecule has 0 aliphatic carbocycles. The van der Waals surface area contributed by atoms with Crippen molar-refractivity contribution < 1.29 is 4.74 Å². The van der Waals surface area contributed by atoms with Crippen molar-refractivity contribution >= 4 is 0 Å². The van der Waals surface area contributed by atoms with Crippen molar-refractivity contribution in [3.8, 4) is 11.5 Å². The summed E-state index contributed by atoms with van der Waals surface area (Å²) in [6.07, 6.45) is 5.09. The van der Waals surface area contributed by atoms with Crippen LogP contribution in [0.5, 0.6) is 11.5 Å². The van der Waals surface area contributed by atoms with Crippen LogP contribution in [0.15, 0.2) is 54.6 Å². The topological polar surface area (TPSA) is 24.5 Å². The van der Waals surface area contributed by atoms with Crippen LogP contribution in [-0.4, -0.2) is 31.1 Å². The second kappa shape index (κ2) is 9.59. The molecule has 3 rings (SSSR count). The molecule has 0 bridgehead atoms. The van der Waals surface area contributed by atoms with E-state index >= 15 is 0 Å². The van der Waals surface area contributed by atoms with E-state index < -0.39 is 0 Å². The first-order valence-corrected chi connectivity index (χ1v) is 9.64. The summed E-state index contributed by atoms with van der Waals surface area (Å²) < 4.78 is 6.05. The minimum absolute atomic E-state index is 0.493. The van der Waals surface area contributed by atoms with E-state index in [0.717, 1.165) is 37.7 Å². The molecule has 0 saturated carbocycles. The molecule has 0 aromatic heterocycles. The summed E-state index contributed by atoms with van der Waals surface area (Å²) in [4.78, 5) is 2.63. The fourth-order valence-electron chi connectivity index (χ4n) is 3.55. The zero-order valence-corrected chi connectivity index (χ0v) is 15.3. The smallest absolute Gasteiger partial charge is 0.127 e. The Labute approximate surface area is 152 Å². The molecule has 1 atom stereocenters. The Morgan fingerprint density at radius 3 is 2.48 bits per heavy atom. The molecule has 2 aromatic carbocycles. The van der Waals surface area contributed by atoms with Gasteiger partial charge in [0, 0.05) is 32.2 Å². The molecule has 1 aliphatic heterocycles. The molecule has 0 radical (unpaired) electrons. The summed E-state index contributed by atoms with van der Waals surface area (Å²) in [5.74, 6) is 1.82. The van der Waals surface area contributed by atoms with Crippen LogP contribution >= 0.6 is 0 Å². The fourth-order valence-corrected chi connectivity index (χ4v) is 3.55. The lowest BCUT2D eigenvalue weighted by molar-refractivity contribution is 0.162. The molecular weight excluding hydrogens is 308 g/mol. The van der Waals surface area contributed by atoms with Gasteiger partial charge in [-0.2, -0.15) is 0 Å². The molecule has 1 N–H and O–H groups in total. The van der Waals surface area contributed by atoms with Gasteiger partial charge in [0.05, 0.1) is 0 Å². The molecule has 3 heteroatoms. The van der Waals surface area contributed by atoms with Crippen LogP contribution in [0.25, 0.3) is 0 Å². The number of benzene rings is 2.